The third-order valence-corrected chi connectivity index (χ3v) is 3.94. The Kier molecular flexibility index (Phi) is 3.47. The van der Waals surface area contributed by atoms with Gasteiger partial charge in [0.15, 0.2) is 11.4 Å². The van der Waals surface area contributed by atoms with Crippen molar-refractivity contribution in [2.45, 2.75) is 59.0 Å². The van der Waals surface area contributed by atoms with Gasteiger partial charge in [0.1, 0.15) is 5.75 Å². The molecule has 0 unspecified atom stereocenters. The summed E-state index contributed by atoms with van der Waals surface area (Å²) in [4.78, 5) is 11.6. The molecule has 0 saturated carbocycles. The monoisotopic (exact) mass is 246 g/mol. The molecular formula is C16H22O2. The molecule has 1 aliphatic carbocycles. The summed E-state index contributed by atoms with van der Waals surface area (Å²) in [6, 6.07) is 4.12. The normalized spacial score (nSPS) is 15.1. The number of ketones is 1. The van der Waals surface area contributed by atoms with Crippen LogP contribution >= 0.6 is 0 Å². The number of hydrogen-bond acceptors (Lipinski definition) is 2. The second kappa shape index (κ2) is 4.75. The molecule has 0 radical (unpaired) electrons. The number of aryl methyl sites for hydroxylation is 1. The zero-order chi connectivity index (χ0) is 13.3. The molecule has 1 aliphatic rings. The first-order valence-electron chi connectivity index (χ1n) is 6.73. The highest BCUT2D eigenvalue weighted by atomic mass is 16.5. The van der Waals surface area contributed by atoms with Crippen LogP contribution in [0.15, 0.2) is 12.1 Å². The first-order chi connectivity index (χ1) is 8.42. The summed E-state index contributed by atoms with van der Waals surface area (Å²) in [5.74, 6) is 0.961. The number of carbonyl (C=O) groups is 1. The summed E-state index contributed by atoms with van der Waals surface area (Å²) in [5, 5.41) is 0. The number of ether oxygens (including phenoxy) is 1. The lowest BCUT2D eigenvalue weighted by Gasteiger charge is -2.28. The van der Waals surface area contributed by atoms with Gasteiger partial charge in [-0.05, 0) is 76.1 Å². The van der Waals surface area contributed by atoms with E-state index in [0.717, 1.165) is 18.6 Å². The maximum atomic E-state index is 11.6. The van der Waals surface area contributed by atoms with E-state index in [1.165, 1.54) is 29.5 Å². The van der Waals surface area contributed by atoms with E-state index in [0.29, 0.717) is 0 Å². The predicted molar refractivity (Wildman–Crippen MR) is 73.2 cm³/mol. The van der Waals surface area contributed by atoms with Gasteiger partial charge >= 0.3 is 0 Å². The summed E-state index contributed by atoms with van der Waals surface area (Å²) in [6.45, 7) is 7.42. The molecule has 0 atom stereocenters. The summed E-state index contributed by atoms with van der Waals surface area (Å²) in [5.41, 5.74) is 3.35. The lowest BCUT2D eigenvalue weighted by molar-refractivity contribution is -0.129. The molecule has 0 N–H and O–H groups in total. The fraction of sp³-hybridized carbons (Fsp3) is 0.562. The highest BCUT2D eigenvalue weighted by molar-refractivity contribution is 5.84. The van der Waals surface area contributed by atoms with Crippen LogP contribution in [0.3, 0.4) is 0 Å². The molecule has 0 bridgehead atoms. The molecule has 1 aromatic rings. The number of fused-ring (bicyclic) bond motifs is 1. The van der Waals surface area contributed by atoms with E-state index in [9.17, 15) is 4.79 Å². The maximum absolute atomic E-state index is 11.6. The van der Waals surface area contributed by atoms with Gasteiger partial charge in [-0.2, -0.15) is 0 Å². The van der Waals surface area contributed by atoms with Gasteiger partial charge in [-0.3, -0.25) is 4.79 Å². The van der Waals surface area contributed by atoms with Crippen molar-refractivity contribution < 1.29 is 9.53 Å². The number of carbonyl (C=O) groups excluding carboxylic acids is 1. The number of benzene rings is 1. The van der Waals surface area contributed by atoms with E-state index in [1.807, 2.05) is 19.9 Å². The first kappa shape index (κ1) is 13.1. The zero-order valence-corrected chi connectivity index (χ0v) is 11.8. The van der Waals surface area contributed by atoms with Gasteiger partial charge in [0, 0.05) is 0 Å². The quantitative estimate of drug-likeness (QED) is 0.814. The average Bonchev–Trinajstić information content (AvgIpc) is 2.33. The van der Waals surface area contributed by atoms with Gasteiger partial charge < -0.3 is 4.74 Å². The largest absolute Gasteiger partial charge is 0.480 e. The standard InChI is InChI=1S/C16H22O2/c1-11-9-10-15(18-16(3,4)12(2)17)14-8-6-5-7-13(11)14/h9-10H,5-8H2,1-4H3. The van der Waals surface area contributed by atoms with Crippen molar-refractivity contribution >= 4 is 5.78 Å². The summed E-state index contributed by atoms with van der Waals surface area (Å²) >= 11 is 0. The van der Waals surface area contributed by atoms with E-state index in [4.69, 9.17) is 4.74 Å². The fourth-order valence-electron chi connectivity index (χ4n) is 2.46. The molecule has 0 spiro atoms. The predicted octanol–water partition coefficient (Wildman–Crippen LogP) is 3.62. The number of hydrogen-bond donors (Lipinski definition) is 0. The lowest BCUT2D eigenvalue weighted by Crippen LogP contribution is -2.36. The topological polar surface area (TPSA) is 26.3 Å². The van der Waals surface area contributed by atoms with Crippen LogP contribution in [0, 0.1) is 6.92 Å². The van der Waals surface area contributed by atoms with Crippen LogP contribution in [0.25, 0.3) is 0 Å². The van der Waals surface area contributed by atoms with E-state index >= 15 is 0 Å². The Morgan fingerprint density at radius 1 is 1.17 bits per heavy atom. The van der Waals surface area contributed by atoms with Crippen molar-refractivity contribution in [3.8, 4) is 5.75 Å². The van der Waals surface area contributed by atoms with Crippen LogP contribution in [0.2, 0.25) is 0 Å². The zero-order valence-electron chi connectivity index (χ0n) is 11.8. The molecule has 2 nitrogen and oxygen atoms in total. The highest BCUT2D eigenvalue weighted by Gasteiger charge is 2.27. The van der Waals surface area contributed by atoms with Crippen molar-refractivity contribution in [1.29, 1.82) is 0 Å². The van der Waals surface area contributed by atoms with Gasteiger partial charge in [-0.25, -0.2) is 0 Å². The lowest BCUT2D eigenvalue weighted by atomic mass is 9.88. The van der Waals surface area contributed by atoms with Crippen LogP contribution in [0.1, 0.15) is 50.3 Å². The summed E-state index contributed by atoms with van der Waals surface area (Å²) < 4.78 is 5.97. The SMILES string of the molecule is CC(=O)C(C)(C)Oc1ccc(C)c2c1CCCC2. The molecule has 18 heavy (non-hydrogen) atoms. The van der Waals surface area contributed by atoms with E-state index in [2.05, 4.69) is 13.0 Å². The molecular weight excluding hydrogens is 224 g/mol. The highest BCUT2D eigenvalue weighted by Crippen LogP contribution is 2.33. The Morgan fingerprint density at radius 2 is 1.78 bits per heavy atom. The third-order valence-electron chi connectivity index (χ3n) is 3.94. The average molecular weight is 246 g/mol. The Bertz CT molecular complexity index is 472. The van der Waals surface area contributed by atoms with Crippen molar-refractivity contribution in [1.82, 2.24) is 0 Å². The number of rotatable bonds is 3. The molecule has 1 aromatic carbocycles. The Morgan fingerprint density at radius 3 is 2.39 bits per heavy atom. The molecule has 2 heteroatoms. The Hall–Kier alpha value is -1.31. The van der Waals surface area contributed by atoms with Crippen molar-refractivity contribution in [2.24, 2.45) is 0 Å². The van der Waals surface area contributed by atoms with Crippen molar-refractivity contribution in [3.63, 3.8) is 0 Å². The minimum absolute atomic E-state index is 0.0626. The molecule has 0 heterocycles. The molecule has 0 saturated heterocycles. The van der Waals surface area contributed by atoms with Crippen LogP contribution in [-0.2, 0) is 17.6 Å². The second-order valence-electron chi connectivity index (χ2n) is 5.71. The van der Waals surface area contributed by atoms with Crippen LogP contribution in [0.4, 0.5) is 0 Å². The molecule has 98 valence electrons. The molecule has 0 fully saturated rings. The smallest absolute Gasteiger partial charge is 0.172 e. The molecule has 0 aliphatic heterocycles. The van der Waals surface area contributed by atoms with Crippen LogP contribution in [0.5, 0.6) is 5.75 Å². The van der Waals surface area contributed by atoms with Crippen LogP contribution < -0.4 is 4.74 Å². The number of Topliss-reactive ketones (excluding diaryl/α,β-unsaturated/α-hetero) is 1. The Balaban J connectivity index is 2.37. The molecule has 2 rings (SSSR count). The van der Waals surface area contributed by atoms with Gasteiger partial charge in [0.25, 0.3) is 0 Å². The van der Waals surface area contributed by atoms with E-state index < -0.39 is 5.60 Å². The third kappa shape index (κ3) is 2.43. The molecule has 0 aromatic heterocycles. The van der Waals surface area contributed by atoms with Gasteiger partial charge in [0.2, 0.25) is 0 Å². The summed E-state index contributed by atoms with van der Waals surface area (Å²) in [6.07, 6.45) is 4.68. The fourth-order valence-corrected chi connectivity index (χ4v) is 2.46. The van der Waals surface area contributed by atoms with Gasteiger partial charge in [-0.1, -0.05) is 6.07 Å². The molecule has 0 amide bonds. The van der Waals surface area contributed by atoms with Gasteiger partial charge in [0.05, 0.1) is 0 Å². The van der Waals surface area contributed by atoms with Crippen molar-refractivity contribution in [3.05, 3.63) is 28.8 Å². The second-order valence-corrected chi connectivity index (χ2v) is 5.71. The van der Waals surface area contributed by atoms with Gasteiger partial charge in [-0.15, -0.1) is 0 Å². The van der Waals surface area contributed by atoms with Crippen molar-refractivity contribution in [2.75, 3.05) is 0 Å². The maximum Gasteiger partial charge on any atom is 0.172 e. The summed E-state index contributed by atoms with van der Waals surface area (Å²) in [7, 11) is 0. The first-order valence-corrected chi connectivity index (χ1v) is 6.73. The van der Waals surface area contributed by atoms with E-state index in [-0.39, 0.29) is 5.78 Å². The van der Waals surface area contributed by atoms with Crippen LogP contribution in [-0.4, -0.2) is 11.4 Å². The van der Waals surface area contributed by atoms with E-state index in [1.54, 1.807) is 6.92 Å². The minimum Gasteiger partial charge on any atom is -0.480 e. The Labute approximate surface area is 109 Å². The minimum atomic E-state index is -0.736.